The fourth-order valence-corrected chi connectivity index (χ4v) is 2.72. The van der Waals surface area contributed by atoms with Gasteiger partial charge in [-0.1, -0.05) is 26.3 Å². The van der Waals surface area contributed by atoms with Crippen LogP contribution < -0.4 is 11.1 Å². The highest BCUT2D eigenvalue weighted by molar-refractivity contribution is 7.90. The van der Waals surface area contributed by atoms with Crippen LogP contribution in [-0.4, -0.2) is 26.6 Å². The lowest BCUT2D eigenvalue weighted by molar-refractivity contribution is -0.124. The van der Waals surface area contributed by atoms with Crippen molar-refractivity contribution in [3.05, 3.63) is 29.6 Å². The van der Waals surface area contributed by atoms with Crippen LogP contribution in [0.1, 0.15) is 38.8 Å². The first-order valence-electron chi connectivity index (χ1n) is 7.13. The van der Waals surface area contributed by atoms with Gasteiger partial charge in [0.15, 0.2) is 9.84 Å². The number of carbonyl (C=O) groups excluding carboxylic acids is 1. The molecule has 0 saturated carbocycles. The van der Waals surface area contributed by atoms with Crippen LogP contribution in [0.3, 0.4) is 0 Å². The van der Waals surface area contributed by atoms with Gasteiger partial charge in [0.05, 0.1) is 12.1 Å². The Bertz CT molecular complexity index is 652. The normalized spacial score (nSPS) is 15.2. The molecule has 0 bridgehead atoms. The fraction of sp³-hybridized carbons (Fsp3) is 0.533. The quantitative estimate of drug-likeness (QED) is 0.807. The molecule has 3 N–H and O–H groups in total. The number of halogens is 2. The van der Waals surface area contributed by atoms with E-state index in [1.54, 1.807) is 6.92 Å². The minimum atomic E-state index is -3.61. The van der Waals surface area contributed by atoms with Crippen molar-refractivity contribution in [2.75, 3.05) is 6.26 Å². The van der Waals surface area contributed by atoms with Crippen LogP contribution in [0.5, 0.6) is 0 Å². The Morgan fingerprint density at radius 2 is 1.91 bits per heavy atom. The van der Waals surface area contributed by atoms with Crippen molar-refractivity contribution in [2.24, 2.45) is 11.7 Å². The van der Waals surface area contributed by atoms with Gasteiger partial charge in [0.25, 0.3) is 0 Å². The number of hydrogen-bond donors (Lipinski definition) is 2. The maximum Gasteiger partial charge on any atom is 0.237 e. The summed E-state index contributed by atoms with van der Waals surface area (Å²) in [6.07, 6.45) is 1.72. The van der Waals surface area contributed by atoms with Crippen molar-refractivity contribution in [2.45, 2.75) is 44.2 Å². The molecule has 3 atom stereocenters. The minimum absolute atomic E-state index is 0. The molecular weight excluding hydrogens is 343 g/mol. The van der Waals surface area contributed by atoms with Gasteiger partial charge < -0.3 is 11.1 Å². The summed E-state index contributed by atoms with van der Waals surface area (Å²) in [6, 6.07) is 2.71. The van der Waals surface area contributed by atoms with E-state index < -0.39 is 27.7 Å². The van der Waals surface area contributed by atoms with E-state index in [1.165, 1.54) is 12.1 Å². The molecular formula is C15H24ClFN2O3S. The SMILES string of the molecule is CCC(C)C(N)C(=O)NC(C)c1ccc(S(C)(=O)=O)c(F)c1.Cl. The second-order valence-corrected chi connectivity index (χ2v) is 7.59. The molecule has 8 heteroatoms. The van der Waals surface area contributed by atoms with Gasteiger partial charge >= 0.3 is 0 Å². The summed E-state index contributed by atoms with van der Waals surface area (Å²) in [5.41, 5.74) is 6.32. The molecule has 0 aliphatic carbocycles. The zero-order chi connectivity index (χ0) is 17.1. The van der Waals surface area contributed by atoms with Crippen LogP contribution in [0.15, 0.2) is 23.1 Å². The van der Waals surface area contributed by atoms with E-state index in [0.29, 0.717) is 5.56 Å². The first-order valence-corrected chi connectivity index (χ1v) is 9.02. The maximum atomic E-state index is 13.9. The van der Waals surface area contributed by atoms with Gasteiger partial charge in [-0.15, -0.1) is 12.4 Å². The number of rotatable bonds is 6. The first-order chi connectivity index (χ1) is 10.1. The average Bonchev–Trinajstić information content (AvgIpc) is 2.43. The number of benzene rings is 1. The predicted molar refractivity (Wildman–Crippen MR) is 90.7 cm³/mol. The van der Waals surface area contributed by atoms with Crippen LogP contribution in [-0.2, 0) is 14.6 Å². The summed E-state index contributed by atoms with van der Waals surface area (Å²) in [7, 11) is -3.61. The molecule has 0 saturated heterocycles. The summed E-state index contributed by atoms with van der Waals surface area (Å²) in [6.45, 7) is 5.52. The van der Waals surface area contributed by atoms with Crippen LogP contribution in [0.2, 0.25) is 0 Å². The molecule has 0 aliphatic rings. The zero-order valence-corrected chi connectivity index (χ0v) is 15.3. The molecule has 23 heavy (non-hydrogen) atoms. The lowest BCUT2D eigenvalue weighted by Gasteiger charge is -2.21. The Hall–Kier alpha value is -1.18. The standard InChI is InChI=1S/C15H23FN2O3S.ClH/c1-5-9(2)14(17)15(19)18-10(3)11-6-7-13(12(16)8-11)22(4,20)21;/h6-10,14H,5,17H2,1-4H3,(H,18,19);1H. The highest BCUT2D eigenvalue weighted by atomic mass is 35.5. The number of sulfone groups is 1. The Labute approximate surface area is 143 Å². The molecule has 0 aromatic heterocycles. The van der Waals surface area contributed by atoms with E-state index in [9.17, 15) is 17.6 Å². The highest BCUT2D eigenvalue weighted by Crippen LogP contribution is 2.20. The van der Waals surface area contributed by atoms with Crippen LogP contribution in [0.25, 0.3) is 0 Å². The van der Waals surface area contributed by atoms with Crippen molar-refractivity contribution in [3.63, 3.8) is 0 Å². The van der Waals surface area contributed by atoms with Crippen molar-refractivity contribution < 1.29 is 17.6 Å². The summed E-state index contributed by atoms with van der Waals surface area (Å²) in [5.74, 6) is -1.10. The molecule has 0 heterocycles. The third kappa shape index (κ3) is 5.75. The summed E-state index contributed by atoms with van der Waals surface area (Å²) >= 11 is 0. The molecule has 0 radical (unpaired) electrons. The van der Waals surface area contributed by atoms with E-state index in [2.05, 4.69) is 5.32 Å². The van der Waals surface area contributed by atoms with Crippen molar-refractivity contribution in [3.8, 4) is 0 Å². The number of nitrogens with two attached hydrogens (primary N) is 1. The van der Waals surface area contributed by atoms with E-state index in [1.807, 2.05) is 13.8 Å². The van der Waals surface area contributed by atoms with E-state index in [4.69, 9.17) is 5.73 Å². The third-order valence-corrected chi connectivity index (χ3v) is 4.90. The highest BCUT2D eigenvalue weighted by Gasteiger charge is 2.22. The zero-order valence-electron chi connectivity index (χ0n) is 13.7. The Balaban J connectivity index is 0.00000484. The second kappa shape index (κ2) is 8.61. The van der Waals surface area contributed by atoms with Gasteiger partial charge in [-0.3, -0.25) is 4.79 Å². The lowest BCUT2D eigenvalue weighted by atomic mass is 9.98. The Morgan fingerprint density at radius 3 is 2.35 bits per heavy atom. The van der Waals surface area contributed by atoms with Crippen molar-refractivity contribution in [1.29, 1.82) is 0 Å². The molecule has 3 unspecified atom stereocenters. The number of hydrogen-bond acceptors (Lipinski definition) is 4. The molecule has 0 fully saturated rings. The number of carbonyl (C=O) groups is 1. The Morgan fingerprint density at radius 1 is 1.35 bits per heavy atom. The molecule has 1 aromatic rings. The molecule has 1 aromatic carbocycles. The summed E-state index contributed by atoms with van der Waals surface area (Å²) in [5, 5.41) is 2.72. The number of amides is 1. The summed E-state index contributed by atoms with van der Waals surface area (Å²) in [4.78, 5) is 11.7. The van der Waals surface area contributed by atoms with Crippen molar-refractivity contribution in [1.82, 2.24) is 5.32 Å². The average molecular weight is 367 g/mol. The van der Waals surface area contributed by atoms with Gasteiger partial charge in [0.1, 0.15) is 10.7 Å². The van der Waals surface area contributed by atoms with E-state index >= 15 is 0 Å². The van der Waals surface area contributed by atoms with Gasteiger partial charge in [0.2, 0.25) is 5.91 Å². The predicted octanol–water partition coefficient (Wildman–Crippen LogP) is 2.20. The van der Waals surface area contributed by atoms with Gasteiger partial charge in [-0.25, -0.2) is 12.8 Å². The monoisotopic (exact) mass is 366 g/mol. The molecule has 132 valence electrons. The fourth-order valence-electron chi connectivity index (χ4n) is 1.99. The third-order valence-electron chi connectivity index (χ3n) is 3.77. The second-order valence-electron chi connectivity index (χ2n) is 5.60. The van der Waals surface area contributed by atoms with Gasteiger partial charge in [0, 0.05) is 6.26 Å². The topological polar surface area (TPSA) is 89.3 Å². The maximum absolute atomic E-state index is 13.9. The molecule has 1 amide bonds. The van der Waals surface area contributed by atoms with E-state index in [0.717, 1.165) is 18.7 Å². The Kier molecular flexibility index (Phi) is 8.17. The van der Waals surface area contributed by atoms with Gasteiger partial charge in [-0.2, -0.15) is 0 Å². The van der Waals surface area contributed by atoms with Gasteiger partial charge in [-0.05, 0) is 30.5 Å². The van der Waals surface area contributed by atoms with E-state index in [-0.39, 0.29) is 29.1 Å². The summed E-state index contributed by atoms with van der Waals surface area (Å²) < 4.78 is 36.6. The van der Waals surface area contributed by atoms with Crippen LogP contribution in [0, 0.1) is 11.7 Å². The lowest BCUT2D eigenvalue weighted by Crippen LogP contribution is -2.45. The smallest absolute Gasteiger partial charge is 0.237 e. The van der Waals surface area contributed by atoms with Crippen LogP contribution >= 0.6 is 12.4 Å². The molecule has 1 rings (SSSR count). The molecule has 0 spiro atoms. The van der Waals surface area contributed by atoms with Crippen LogP contribution in [0.4, 0.5) is 4.39 Å². The van der Waals surface area contributed by atoms with Crippen molar-refractivity contribution >= 4 is 28.2 Å². The molecule has 0 aliphatic heterocycles. The number of nitrogens with one attached hydrogen (secondary N) is 1. The largest absolute Gasteiger partial charge is 0.348 e. The first kappa shape index (κ1) is 21.8. The molecule has 5 nitrogen and oxygen atoms in total. The minimum Gasteiger partial charge on any atom is -0.348 e.